The van der Waals surface area contributed by atoms with Gasteiger partial charge >= 0.3 is 6.09 Å². The Morgan fingerprint density at radius 2 is 1.50 bits per heavy atom. The molecule has 2 N–H and O–H groups in total. The van der Waals surface area contributed by atoms with Crippen LogP contribution in [0.1, 0.15) is 94.7 Å². The predicted molar refractivity (Wildman–Crippen MR) is 162 cm³/mol. The van der Waals surface area contributed by atoms with Crippen LogP contribution in [0.5, 0.6) is 0 Å². The molecule has 0 saturated carbocycles. The van der Waals surface area contributed by atoms with Crippen LogP contribution in [0.25, 0.3) is 0 Å². The molecule has 3 atom stereocenters. The minimum absolute atomic E-state index is 0.176. The summed E-state index contributed by atoms with van der Waals surface area (Å²) in [6, 6.07) is 9.98. The minimum atomic E-state index is -0.884. The molecule has 7 nitrogen and oxygen atoms in total. The second-order valence-electron chi connectivity index (χ2n) is 11.8. The van der Waals surface area contributed by atoms with Crippen molar-refractivity contribution in [2.45, 2.75) is 106 Å². The van der Waals surface area contributed by atoms with Crippen molar-refractivity contribution in [2.75, 3.05) is 11.9 Å². The first-order valence-electron chi connectivity index (χ1n) is 14.4. The van der Waals surface area contributed by atoms with E-state index in [1.54, 1.807) is 25.7 Å². The van der Waals surface area contributed by atoms with E-state index in [1.165, 1.54) is 0 Å². The van der Waals surface area contributed by atoms with E-state index in [0.717, 1.165) is 39.9 Å². The Bertz CT molecular complexity index is 1160. The van der Waals surface area contributed by atoms with Crippen LogP contribution in [0.4, 0.5) is 10.5 Å². The number of hydrogen-bond acceptors (Lipinski definition) is 4. The average molecular weight is 552 g/mol. The van der Waals surface area contributed by atoms with Gasteiger partial charge in [0.1, 0.15) is 17.7 Å². The molecule has 7 heteroatoms. The second kappa shape index (κ2) is 14.3. The van der Waals surface area contributed by atoms with Crippen LogP contribution >= 0.6 is 0 Å². The largest absolute Gasteiger partial charge is 0.444 e. The molecular formula is C33H49N3O4. The van der Waals surface area contributed by atoms with Gasteiger partial charge in [-0.05, 0) is 88.6 Å². The summed E-state index contributed by atoms with van der Waals surface area (Å²) in [7, 11) is 0. The molecule has 0 aliphatic rings. The summed E-state index contributed by atoms with van der Waals surface area (Å²) in [6.07, 6.45) is 1.57. The van der Waals surface area contributed by atoms with Gasteiger partial charge < -0.3 is 20.3 Å². The molecule has 3 amide bonds. The number of nitrogens with one attached hydrogen (secondary N) is 2. The molecule has 0 bridgehead atoms. The van der Waals surface area contributed by atoms with Gasteiger partial charge in [0.05, 0.1) is 0 Å². The molecule has 0 spiro atoms. The van der Waals surface area contributed by atoms with E-state index >= 15 is 0 Å². The van der Waals surface area contributed by atoms with Gasteiger partial charge in [0.2, 0.25) is 5.91 Å². The fourth-order valence-corrected chi connectivity index (χ4v) is 4.72. The molecule has 2 aromatic carbocycles. The van der Waals surface area contributed by atoms with E-state index in [1.807, 2.05) is 77.9 Å². The highest BCUT2D eigenvalue weighted by atomic mass is 16.6. The highest BCUT2D eigenvalue weighted by molar-refractivity contribution is 6.00. The maximum atomic E-state index is 14.4. The third kappa shape index (κ3) is 8.57. The summed E-state index contributed by atoms with van der Waals surface area (Å²) in [5.74, 6) is -0.753. The Morgan fingerprint density at radius 3 is 2.05 bits per heavy atom. The molecule has 40 heavy (non-hydrogen) atoms. The first-order valence-corrected chi connectivity index (χ1v) is 14.4. The topological polar surface area (TPSA) is 87.7 Å². The van der Waals surface area contributed by atoms with Crippen molar-refractivity contribution in [2.24, 2.45) is 5.92 Å². The summed E-state index contributed by atoms with van der Waals surface area (Å²) in [5, 5.41) is 5.98. The number of benzene rings is 2. The molecule has 0 fully saturated rings. The Hall–Kier alpha value is -3.35. The number of carbonyl (C=O) groups is 3. The van der Waals surface area contributed by atoms with Crippen molar-refractivity contribution in [3.8, 4) is 0 Å². The van der Waals surface area contributed by atoms with Crippen LogP contribution in [0.15, 0.2) is 36.4 Å². The van der Waals surface area contributed by atoms with Gasteiger partial charge in [-0.25, -0.2) is 4.79 Å². The Morgan fingerprint density at radius 1 is 0.925 bits per heavy atom. The zero-order valence-electron chi connectivity index (χ0n) is 26.1. The van der Waals surface area contributed by atoms with Crippen LogP contribution in [-0.2, 0) is 14.3 Å². The lowest BCUT2D eigenvalue weighted by molar-refractivity contribution is -0.142. The van der Waals surface area contributed by atoms with Crippen LogP contribution < -0.4 is 10.6 Å². The normalized spacial score (nSPS) is 13.7. The number of rotatable bonds is 11. The van der Waals surface area contributed by atoms with Gasteiger partial charge in [-0.1, -0.05) is 70.0 Å². The summed E-state index contributed by atoms with van der Waals surface area (Å²) >= 11 is 0. The molecular weight excluding hydrogens is 502 g/mol. The van der Waals surface area contributed by atoms with Gasteiger partial charge in [-0.3, -0.25) is 9.59 Å². The van der Waals surface area contributed by atoms with Crippen molar-refractivity contribution < 1.29 is 19.1 Å². The minimum Gasteiger partial charge on any atom is -0.444 e. The fraction of sp³-hybridized carbons (Fsp3) is 0.545. The third-order valence-corrected chi connectivity index (χ3v) is 7.42. The van der Waals surface area contributed by atoms with E-state index in [2.05, 4.69) is 17.6 Å². The van der Waals surface area contributed by atoms with Crippen LogP contribution in [-0.4, -0.2) is 41.0 Å². The van der Waals surface area contributed by atoms with Gasteiger partial charge in [0.15, 0.2) is 0 Å². The molecule has 0 saturated heterocycles. The van der Waals surface area contributed by atoms with E-state index < -0.39 is 23.8 Å². The number of carbonyl (C=O) groups excluding carboxylic acids is 3. The van der Waals surface area contributed by atoms with Crippen LogP contribution in [0.3, 0.4) is 0 Å². The summed E-state index contributed by atoms with van der Waals surface area (Å²) < 4.78 is 5.51. The lowest BCUT2D eigenvalue weighted by Crippen LogP contribution is -2.55. The van der Waals surface area contributed by atoms with Crippen molar-refractivity contribution in [1.29, 1.82) is 0 Å². The highest BCUT2D eigenvalue weighted by Crippen LogP contribution is 2.31. The summed E-state index contributed by atoms with van der Waals surface area (Å²) in [6.45, 7) is 19.6. The van der Waals surface area contributed by atoms with Gasteiger partial charge in [0.25, 0.3) is 5.91 Å². The number of unbranched alkanes of at least 4 members (excludes halogenated alkanes) is 1. The molecule has 0 aliphatic carbocycles. The maximum absolute atomic E-state index is 14.4. The Kier molecular flexibility index (Phi) is 11.8. The van der Waals surface area contributed by atoms with E-state index in [4.69, 9.17) is 4.74 Å². The number of amides is 3. The second-order valence-corrected chi connectivity index (χ2v) is 11.8. The molecule has 3 unspecified atom stereocenters. The first kappa shape index (κ1) is 32.9. The number of anilines is 1. The molecule has 2 rings (SSSR count). The van der Waals surface area contributed by atoms with Gasteiger partial charge in [-0.15, -0.1) is 0 Å². The molecule has 2 aromatic rings. The van der Waals surface area contributed by atoms with Gasteiger partial charge in [0, 0.05) is 12.2 Å². The average Bonchev–Trinajstić information content (AvgIpc) is 2.87. The monoisotopic (exact) mass is 551 g/mol. The van der Waals surface area contributed by atoms with Crippen molar-refractivity contribution in [3.05, 3.63) is 64.2 Å². The Labute approximate surface area is 241 Å². The lowest BCUT2D eigenvalue weighted by Gasteiger charge is -2.37. The predicted octanol–water partition coefficient (Wildman–Crippen LogP) is 7.17. The van der Waals surface area contributed by atoms with Gasteiger partial charge in [-0.2, -0.15) is 0 Å². The summed E-state index contributed by atoms with van der Waals surface area (Å²) in [5.41, 5.74) is 4.70. The zero-order valence-corrected chi connectivity index (χ0v) is 26.1. The number of alkyl carbamates (subject to hydrolysis) is 1. The number of para-hydroxylation sites is 1. The number of ether oxygens (including phenoxy) is 1. The third-order valence-electron chi connectivity index (χ3n) is 7.42. The fourth-order valence-electron chi connectivity index (χ4n) is 4.72. The quantitative estimate of drug-likeness (QED) is 0.310. The zero-order chi connectivity index (χ0) is 30.2. The van der Waals surface area contributed by atoms with Crippen molar-refractivity contribution in [1.82, 2.24) is 10.2 Å². The van der Waals surface area contributed by atoms with E-state index in [9.17, 15) is 14.4 Å². The number of hydrogen-bond donors (Lipinski definition) is 2. The van der Waals surface area contributed by atoms with E-state index in [-0.39, 0.29) is 17.7 Å². The van der Waals surface area contributed by atoms with Crippen molar-refractivity contribution >= 4 is 23.6 Å². The van der Waals surface area contributed by atoms with Crippen LogP contribution in [0, 0.1) is 33.6 Å². The first-order chi connectivity index (χ1) is 18.7. The standard InChI is InChI=1S/C33H49N3O4/c1-11-13-20-36(31(38)28(21(3)12-2)35-32(39)40-33(8,9)10)29(26-19-15-16-22(4)25(26)7)30(37)34-27-23(5)17-14-18-24(27)6/h14-19,21,28-29H,11-13,20H2,1-10H3,(H,34,37)(H,35,39). The number of nitrogens with zero attached hydrogens (tertiary/aromatic N) is 1. The highest BCUT2D eigenvalue weighted by Gasteiger charge is 2.38. The van der Waals surface area contributed by atoms with Crippen LogP contribution in [0.2, 0.25) is 0 Å². The number of aryl methyl sites for hydroxylation is 3. The molecule has 220 valence electrons. The molecule has 0 radical (unpaired) electrons. The lowest BCUT2D eigenvalue weighted by atomic mass is 9.92. The smallest absolute Gasteiger partial charge is 0.408 e. The maximum Gasteiger partial charge on any atom is 0.408 e. The summed E-state index contributed by atoms with van der Waals surface area (Å²) in [4.78, 5) is 43.2. The van der Waals surface area contributed by atoms with E-state index in [0.29, 0.717) is 19.4 Å². The van der Waals surface area contributed by atoms with Crippen molar-refractivity contribution in [3.63, 3.8) is 0 Å². The SMILES string of the molecule is CCCCN(C(=O)C(NC(=O)OC(C)(C)C)C(C)CC)C(C(=O)Nc1c(C)cccc1C)c1cccc(C)c1C. The molecule has 0 aromatic heterocycles. The molecule has 0 heterocycles. The Balaban J connectivity index is 2.65. The molecule has 0 aliphatic heterocycles.